The van der Waals surface area contributed by atoms with Gasteiger partial charge in [-0.1, -0.05) is 25.1 Å². The van der Waals surface area contributed by atoms with Crippen LogP contribution in [0.3, 0.4) is 0 Å². The van der Waals surface area contributed by atoms with E-state index in [1.165, 1.54) is 15.6 Å². The molecular weight excluding hydrogens is 244 g/mol. The monoisotopic (exact) mass is 258 g/mol. The standard InChI is InChI=1S/C13H14N4S/c1-2-14-12(11-8-15-17-16-11)10-5-3-4-9-6-7-18-13(9)10/h3-8,12,14H,2H2,1H3,(H,15,16,17). The van der Waals surface area contributed by atoms with E-state index in [9.17, 15) is 0 Å². The smallest absolute Gasteiger partial charge is 0.104 e. The molecule has 4 nitrogen and oxygen atoms in total. The third-order valence-electron chi connectivity index (χ3n) is 2.96. The number of thiophene rings is 1. The molecule has 1 aromatic carbocycles. The van der Waals surface area contributed by atoms with Crippen LogP contribution in [0.1, 0.15) is 24.2 Å². The first kappa shape index (κ1) is 11.4. The van der Waals surface area contributed by atoms with Crippen molar-refractivity contribution in [1.29, 1.82) is 0 Å². The van der Waals surface area contributed by atoms with Gasteiger partial charge < -0.3 is 5.32 Å². The van der Waals surface area contributed by atoms with Crippen LogP contribution < -0.4 is 5.32 Å². The summed E-state index contributed by atoms with van der Waals surface area (Å²) in [6, 6.07) is 8.63. The van der Waals surface area contributed by atoms with Gasteiger partial charge in [0.25, 0.3) is 0 Å². The Balaban J connectivity index is 2.12. The highest BCUT2D eigenvalue weighted by Gasteiger charge is 2.18. The average Bonchev–Trinajstić information content (AvgIpc) is 3.06. The van der Waals surface area contributed by atoms with Crippen molar-refractivity contribution >= 4 is 21.4 Å². The number of fused-ring (bicyclic) bond motifs is 1. The van der Waals surface area contributed by atoms with Gasteiger partial charge >= 0.3 is 0 Å². The molecule has 1 unspecified atom stereocenters. The maximum Gasteiger partial charge on any atom is 0.104 e. The number of H-pyrrole nitrogens is 1. The molecule has 2 N–H and O–H groups in total. The second-order valence-corrected chi connectivity index (χ2v) is 4.99. The van der Waals surface area contributed by atoms with E-state index in [1.807, 2.05) is 0 Å². The van der Waals surface area contributed by atoms with Crippen LogP contribution in [-0.2, 0) is 0 Å². The molecule has 0 aliphatic carbocycles. The number of nitrogens with zero attached hydrogens (tertiary/aromatic N) is 2. The molecule has 0 fully saturated rings. The normalized spacial score (nSPS) is 12.9. The SMILES string of the molecule is CCNC(c1cn[nH]n1)c1cccc2ccsc12. The molecule has 1 atom stereocenters. The van der Waals surface area contributed by atoms with E-state index in [1.54, 1.807) is 17.5 Å². The molecule has 0 amide bonds. The van der Waals surface area contributed by atoms with Gasteiger partial charge in [-0.3, -0.25) is 0 Å². The maximum absolute atomic E-state index is 4.21. The summed E-state index contributed by atoms with van der Waals surface area (Å²) in [6.45, 7) is 2.99. The first-order valence-electron chi connectivity index (χ1n) is 5.95. The molecule has 3 aromatic rings. The van der Waals surface area contributed by atoms with Crippen LogP contribution in [-0.4, -0.2) is 22.0 Å². The topological polar surface area (TPSA) is 53.6 Å². The Morgan fingerprint density at radius 2 is 2.33 bits per heavy atom. The van der Waals surface area contributed by atoms with Crippen molar-refractivity contribution in [2.24, 2.45) is 0 Å². The number of nitrogens with one attached hydrogen (secondary N) is 2. The molecule has 5 heteroatoms. The van der Waals surface area contributed by atoms with Gasteiger partial charge in [0.15, 0.2) is 0 Å². The van der Waals surface area contributed by atoms with E-state index in [0.717, 1.165) is 12.2 Å². The second-order valence-electron chi connectivity index (χ2n) is 4.07. The highest BCUT2D eigenvalue weighted by atomic mass is 32.1. The van der Waals surface area contributed by atoms with Gasteiger partial charge in [0.2, 0.25) is 0 Å². The molecule has 2 aromatic heterocycles. The fourth-order valence-electron chi connectivity index (χ4n) is 2.17. The summed E-state index contributed by atoms with van der Waals surface area (Å²) in [5.41, 5.74) is 2.19. The van der Waals surface area contributed by atoms with Gasteiger partial charge in [0.1, 0.15) is 5.69 Å². The van der Waals surface area contributed by atoms with Crippen LogP contribution in [0.4, 0.5) is 0 Å². The molecule has 0 bridgehead atoms. The quantitative estimate of drug-likeness (QED) is 0.756. The Labute approximate surface area is 109 Å². The van der Waals surface area contributed by atoms with E-state index in [-0.39, 0.29) is 6.04 Å². The lowest BCUT2D eigenvalue weighted by Crippen LogP contribution is -2.22. The van der Waals surface area contributed by atoms with E-state index in [0.29, 0.717) is 0 Å². The molecule has 2 heterocycles. The highest BCUT2D eigenvalue weighted by molar-refractivity contribution is 7.17. The minimum absolute atomic E-state index is 0.0936. The second kappa shape index (κ2) is 4.88. The molecule has 0 aliphatic heterocycles. The third-order valence-corrected chi connectivity index (χ3v) is 3.94. The fourth-order valence-corrected chi connectivity index (χ4v) is 3.12. The summed E-state index contributed by atoms with van der Waals surface area (Å²) >= 11 is 1.77. The first-order chi connectivity index (χ1) is 8.90. The van der Waals surface area contributed by atoms with Gasteiger partial charge in [0, 0.05) is 4.70 Å². The maximum atomic E-state index is 4.21. The Morgan fingerprint density at radius 3 is 3.11 bits per heavy atom. The summed E-state index contributed by atoms with van der Waals surface area (Å²) < 4.78 is 1.31. The van der Waals surface area contributed by atoms with Crippen molar-refractivity contribution in [3.63, 3.8) is 0 Å². The van der Waals surface area contributed by atoms with E-state index in [2.05, 4.69) is 57.3 Å². The van der Waals surface area contributed by atoms with Crippen LogP contribution >= 0.6 is 11.3 Å². The number of aromatic nitrogens is 3. The lowest BCUT2D eigenvalue weighted by Gasteiger charge is -2.16. The molecule has 92 valence electrons. The Kier molecular flexibility index (Phi) is 3.08. The molecule has 0 aliphatic rings. The van der Waals surface area contributed by atoms with Crippen molar-refractivity contribution in [2.75, 3.05) is 6.54 Å². The number of rotatable bonds is 4. The van der Waals surface area contributed by atoms with Crippen molar-refractivity contribution < 1.29 is 0 Å². The molecule has 0 spiro atoms. The van der Waals surface area contributed by atoms with Crippen LogP contribution in [0.15, 0.2) is 35.8 Å². The summed E-state index contributed by atoms with van der Waals surface area (Å²) in [7, 11) is 0. The van der Waals surface area contributed by atoms with E-state index < -0.39 is 0 Å². The van der Waals surface area contributed by atoms with E-state index >= 15 is 0 Å². The van der Waals surface area contributed by atoms with Crippen molar-refractivity contribution in [3.05, 3.63) is 47.1 Å². The fraction of sp³-hybridized carbons (Fsp3) is 0.231. The van der Waals surface area contributed by atoms with Crippen LogP contribution in [0.2, 0.25) is 0 Å². The summed E-state index contributed by atoms with van der Waals surface area (Å²) in [5, 5.41) is 17.7. The molecular formula is C13H14N4S. The zero-order chi connectivity index (χ0) is 12.4. The number of benzene rings is 1. The van der Waals surface area contributed by atoms with Gasteiger partial charge in [0.05, 0.1) is 12.2 Å². The first-order valence-corrected chi connectivity index (χ1v) is 6.83. The Bertz CT molecular complexity index is 629. The van der Waals surface area contributed by atoms with Gasteiger partial charge in [-0.25, -0.2) is 0 Å². The summed E-state index contributed by atoms with van der Waals surface area (Å²) in [5.74, 6) is 0. The summed E-state index contributed by atoms with van der Waals surface area (Å²) in [4.78, 5) is 0. The number of aromatic amines is 1. The third kappa shape index (κ3) is 1.91. The van der Waals surface area contributed by atoms with Crippen molar-refractivity contribution in [2.45, 2.75) is 13.0 Å². The minimum Gasteiger partial charge on any atom is -0.305 e. The Morgan fingerprint density at radius 1 is 1.39 bits per heavy atom. The van der Waals surface area contributed by atoms with Crippen LogP contribution in [0, 0.1) is 0 Å². The lowest BCUT2D eigenvalue weighted by molar-refractivity contribution is 0.617. The van der Waals surface area contributed by atoms with Gasteiger partial charge in [-0.15, -0.1) is 11.3 Å². The van der Waals surface area contributed by atoms with E-state index in [4.69, 9.17) is 0 Å². The van der Waals surface area contributed by atoms with Crippen LogP contribution in [0.25, 0.3) is 10.1 Å². The zero-order valence-electron chi connectivity index (χ0n) is 10.1. The molecule has 0 saturated carbocycles. The van der Waals surface area contributed by atoms with Gasteiger partial charge in [-0.2, -0.15) is 15.4 Å². The Hall–Kier alpha value is -1.72. The largest absolute Gasteiger partial charge is 0.305 e. The molecule has 0 saturated heterocycles. The predicted molar refractivity (Wildman–Crippen MR) is 73.7 cm³/mol. The van der Waals surface area contributed by atoms with Crippen molar-refractivity contribution in [1.82, 2.24) is 20.7 Å². The highest BCUT2D eigenvalue weighted by Crippen LogP contribution is 2.31. The predicted octanol–water partition coefficient (Wildman–Crippen LogP) is 2.72. The summed E-state index contributed by atoms with van der Waals surface area (Å²) in [6.07, 6.45) is 1.78. The molecule has 3 rings (SSSR count). The van der Waals surface area contributed by atoms with Crippen LogP contribution in [0.5, 0.6) is 0 Å². The molecule has 18 heavy (non-hydrogen) atoms. The number of hydrogen-bond acceptors (Lipinski definition) is 4. The van der Waals surface area contributed by atoms with Crippen molar-refractivity contribution in [3.8, 4) is 0 Å². The lowest BCUT2D eigenvalue weighted by atomic mass is 10.0. The van der Waals surface area contributed by atoms with Gasteiger partial charge in [-0.05, 0) is 28.9 Å². The number of hydrogen-bond donors (Lipinski definition) is 2. The minimum atomic E-state index is 0.0936. The zero-order valence-corrected chi connectivity index (χ0v) is 10.9. The average molecular weight is 258 g/mol. The molecule has 0 radical (unpaired) electrons.